The molecule has 0 aromatic carbocycles. The maximum absolute atomic E-state index is 10.9. The van der Waals surface area contributed by atoms with Gasteiger partial charge >= 0.3 is 5.97 Å². The molecule has 1 aliphatic rings. The zero-order valence-electron chi connectivity index (χ0n) is 10.6. The molecule has 0 heterocycles. The van der Waals surface area contributed by atoms with Gasteiger partial charge in [0, 0.05) is 11.6 Å². The van der Waals surface area contributed by atoms with Crippen molar-refractivity contribution in [3.05, 3.63) is 11.8 Å². The van der Waals surface area contributed by atoms with Gasteiger partial charge in [-0.1, -0.05) is 34.6 Å². The number of carboxylic acids is 1. The number of nitrogens with one attached hydrogen (secondary N) is 1. The van der Waals surface area contributed by atoms with Gasteiger partial charge in [-0.25, -0.2) is 0 Å². The van der Waals surface area contributed by atoms with Crippen LogP contribution in [0.5, 0.6) is 0 Å². The third-order valence-corrected chi connectivity index (χ3v) is 2.74. The fourth-order valence-electron chi connectivity index (χ4n) is 1.65. The quantitative estimate of drug-likeness (QED) is 0.571. The Morgan fingerprint density at radius 3 is 2.50 bits per heavy atom. The lowest BCUT2D eigenvalue weighted by Crippen LogP contribution is -2.19. The summed E-state index contributed by atoms with van der Waals surface area (Å²) in [6.45, 7) is 10.6. The van der Waals surface area contributed by atoms with E-state index >= 15 is 0 Å². The average Bonchev–Trinajstić information content (AvgIpc) is 2.60. The number of hydrogen-bond donors (Lipinski definition) is 2. The smallest absolute Gasteiger partial charge is 0.311 e. The molecule has 1 atom stereocenters. The van der Waals surface area contributed by atoms with Crippen molar-refractivity contribution in [3.8, 4) is 0 Å². The molecule has 0 aromatic rings. The summed E-state index contributed by atoms with van der Waals surface area (Å²) in [6.07, 6.45) is 1.67. The van der Waals surface area contributed by atoms with Crippen molar-refractivity contribution < 1.29 is 14.7 Å². The van der Waals surface area contributed by atoms with E-state index in [9.17, 15) is 4.79 Å². The Hall–Kier alpha value is -1.03. The fraction of sp³-hybridized carbons (Fsp3) is 0.750. The Labute approximate surface area is 96.6 Å². The number of carboxylic acid groups (broad SMARTS) is 1. The van der Waals surface area contributed by atoms with Gasteiger partial charge in [0.15, 0.2) is 0 Å². The van der Waals surface area contributed by atoms with Crippen LogP contribution in [0.15, 0.2) is 11.8 Å². The maximum atomic E-state index is 10.9. The number of hydrogen-bond acceptors (Lipinski definition) is 3. The second-order valence-corrected chi connectivity index (χ2v) is 6.06. The summed E-state index contributed by atoms with van der Waals surface area (Å²) in [4.78, 5) is 16.1. The Balaban J connectivity index is 2.40. The minimum absolute atomic E-state index is 0.0940. The van der Waals surface area contributed by atoms with Crippen molar-refractivity contribution in [1.29, 1.82) is 0 Å². The Bertz CT molecular complexity index is 313. The minimum atomic E-state index is -0.770. The molecule has 0 bridgehead atoms. The normalized spacial score (nSPS) is 25.6. The lowest BCUT2D eigenvalue weighted by Gasteiger charge is -2.16. The van der Waals surface area contributed by atoms with E-state index in [1.165, 1.54) is 0 Å². The van der Waals surface area contributed by atoms with Gasteiger partial charge < -0.3 is 5.11 Å². The molecule has 0 amide bonds. The van der Waals surface area contributed by atoms with Crippen LogP contribution in [0.3, 0.4) is 0 Å². The highest BCUT2D eigenvalue weighted by atomic mass is 16.6. The number of aliphatic carboxylic acids is 1. The van der Waals surface area contributed by atoms with Crippen LogP contribution in [0.1, 0.15) is 34.6 Å². The molecular weight excluding hydrogens is 206 g/mol. The van der Waals surface area contributed by atoms with Crippen LogP contribution in [-0.2, 0) is 9.63 Å². The van der Waals surface area contributed by atoms with E-state index in [-0.39, 0.29) is 16.7 Å². The predicted molar refractivity (Wildman–Crippen MR) is 61.5 cm³/mol. The van der Waals surface area contributed by atoms with E-state index in [2.05, 4.69) is 26.3 Å². The van der Waals surface area contributed by atoms with E-state index in [1.54, 1.807) is 6.20 Å². The molecule has 1 aliphatic carbocycles. The minimum Gasteiger partial charge on any atom is -0.481 e. The third kappa shape index (κ3) is 2.98. The Morgan fingerprint density at radius 2 is 2.12 bits per heavy atom. The molecule has 0 spiro atoms. The molecule has 1 rings (SSSR count). The summed E-state index contributed by atoms with van der Waals surface area (Å²) < 4.78 is 0. The number of rotatable bonds is 4. The van der Waals surface area contributed by atoms with Crippen LogP contribution in [0, 0.1) is 16.7 Å². The fourth-order valence-corrected chi connectivity index (χ4v) is 1.65. The molecule has 16 heavy (non-hydrogen) atoms. The van der Waals surface area contributed by atoms with E-state index in [0.717, 1.165) is 5.57 Å². The van der Waals surface area contributed by atoms with Crippen molar-refractivity contribution in [2.24, 2.45) is 16.7 Å². The molecule has 4 heteroatoms. The first kappa shape index (κ1) is 13.0. The third-order valence-electron chi connectivity index (χ3n) is 2.74. The average molecular weight is 227 g/mol. The lowest BCUT2D eigenvalue weighted by atomic mass is 9.99. The highest BCUT2D eigenvalue weighted by molar-refractivity contribution is 5.82. The van der Waals surface area contributed by atoms with Crippen LogP contribution in [0.25, 0.3) is 0 Å². The molecule has 1 fully saturated rings. The van der Waals surface area contributed by atoms with Crippen LogP contribution in [0.2, 0.25) is 0 Å². The summed E-state index contributed by atoms with van der Waals surface area (Å²) >= 11 is 0. The highest BCUT2D eigenvalue weighted by Gasteiger charge is 2.57. The van der Waals surface area contributed by atoms with Crippen molar-refractivity contribution in [2.75, 3.05) is 6.61 Å². The lowest BCUT2D eigenvalue weighted by molar-refractivity contribution is -0.139. The topological polar surface area (TPSA) is 58.6 Å². The molecule has 0 aliphatic heterocycles. The Morgan fingerprint density at radius 1 is 1.56 bits per heavy atom. The van der Waals surface area contributed by atoms with Crippen molar-refractivity contribution in [2.45, 2.75) is 34.6 Å². The van der Waals surface area contributed by atoms with Crippen molar-refractivity contribution in [1.82, 2.24) is 5.48 Å². The summed E-state index contributed by atoms with van der Waals surface area (Å²) in [6, 6.07) is 0. The van der Waals surface area contributed by atoms with Crippen LogP contribution in [0.4, 0.5) is 0 Å². The predicted octanol–water partition coefficient (Wildman–Crippen LogP) is 2.18. The van der Waals surface area contributed by atoms with Gasteiger partial charge in [-0.2, -0.15) is 0 Å². The first-order valence-corrected chi connectivity index (χ1v) is 5.47. The van der Waals surface area contributed by atoms with E-state index < -0.39 is 5.97 Å². The standard InChI is InChI=1S/C12H21NO3/c1-11(2,3)7-16-13-6-8-9(10(14)15)12(8,4)5/h6,9,13H,7H2,1-5H3,(H,14,15)/t9-/m0/s1. The Kier molecular flexibility index (Phi) is 3.33. The van der Waals surface area contributed by atoms with E-state index in [1.807, 2.05) is 13.8 Å². The van der Waals surface area contributed by atoms with E-state index in [4.69, 9.17) is 9.94 Å². The van der Waals surface area contributed by atoms with Crippen LogP contribution in [-0.4, -0.2) is 17.7 Å². The summed E-state index contributed by atoms with van der Waals surface area (Å²) in [5.74, 6) is -1.15. The van der Waals surface area contributed by atoms with Crippen molar-refractivity contribution in [3.63, 3.8) is 0 Å². The van der Waals surface area contributed by atoms with Gasteiger partial charge in [-0.05, 0) is 11.0 Å². The molecule has 1 saturated carbocycles. The molecule has 0 aromatic heterocycles. The van der Waals surface area contributed by atoms with Gasteiger partial charge in [0.05, 0.1) is 12.5 Å². The second kappa shape index (κ2) is 4.09. The molecule has 2 N–H and O–H groups in total. The zero-order valence-corrected chi connectivity index (χ0v) is 10.6. The molecule has 92 valence electrons. The molecule has 0 unspecified atom stereocenters. The number of hydroxylamine groups is 1. The largest absolute Gasteiger partial charge is 0.481 e. The first-order valence-electron chi connectivity index (χ1n) is 5.47. The second-order valence-electron chi connectivity index (χ2n) is 6.06. The molecule has 0 saturated heterocycles. The summed E-state index contributed by atoms with van der Waals surface area (Å²) in [5, 5.41) is 8.94. The molecular formula is C12H21NO3. The van der Waals surface area contributed by atoms with Crippen LogP contribution < -0.4 is 5.48 Å². The van der Waals surface area contributed by atoms with E-state index in [0.29, 0.717) is 6.61 Å². The molecule has 0 radical (unpaired) electrons. The zero-order chi connectivity index (χ0) is 12.6. The summed E-state index contributed by atoms with van der Waals surface area (Å²) in [5.41, 5.74) is 3.45. The highest BCUT2D eigenvalue weighted by Crippen LogP contribution is 2.57. The monoisotopic (exact) mass is 227 g/mol. The first-order chi connectivity index (χ1) is 7.16. The summed E-state index contributed by atoms with van der Waals surface area (Å²) in [7, 11) is 0. The number of carbonyl (C=O) groups is 1. The SMILES string of the molecule is CC(C)(C)CONC=C1[C@@H](C(=O)O)C1(C)C. The van der Waals surface area contributed by atoms with Crippen LogP contribution >= 0.6 is 0 Å². The van der Waals surface area contributed by atoms with Gasteiger partial charge in [0.2, 0.25) is 0 Å². The van der Waals surface area contributed by atoms with Crippen molar-refractivity contribution >= 4 is 5.97 Å². The van der Waals surface area contributed by atoms with Gasteiger partial charge in [-0.15, -0.1) is 0 Å². The van der Waals surface area contributed by atoms with Gasteiger partial charge in [-0.3, -0.25) is 15.1 Å². The van der Waals surface area contributed by atoms with Gasteiger partial charge in [0.1, 0.15) is 0 Å². The van der Waals surface area contributed by atoms with Gasteiger partial charge in [0.25, 0.3) is 0 Å². The maximum Gasteiger partial charge on any atom is 0.311 e. The molecule has 4 nitrogen and oxygen atoms in total.